The molecule has 0 radical (unpaired) electrons. The first kappa shape index (κ1) is 19.9. The third kappa shape index (κ3) is 5.28. The summed E-state index contributed by atoms with van der Waals surface area (Å²) in [5.74, 6) is 0. The molecule has 0 aromatic heterocycles. The highest BCUT2D eigenvalue weighted by Crippen LogP contribution is 2.25. The number of aliphatic hydroxyl groups is 1. The minimum Gasteiger partial charge on any atom is -0.591 e. The van der Waals surface area contributed by atoms with Crippen LogP contribution in [0.2, 0.25) is 5.02 Å². The number of halogens is 1. The van der Waals surface area contributed by atoms with Crippen LogP contribution in [0.1, 0.15) is 43.0 Å². The average Bonchev–Trinajstić information content (AvgIpc) is 2.54. The molecule has 0 bridgehead atoms. The molecule has 25 heavy (non-hydrogen) atoms. The molecule has 0 heterocycles. The van der Waals surface area contributed by atoms with E-state index in [1.165, 1.54) is 0 Å². The van der Waals surface area contributed by atoms with Crippen LogP contribution in [0.25, 0.3) is 0 Å². The maximum Gasteiger partial charge on any atom is 0.188 e. The van der Waals surface area contributed by atoms with E-state index in [0.717, 1.165) is 16.7 Å². The van der Waals surface area contributed by atoms with Gasteiger partial charge < -0.3 is 9.66 Å². The van der Waals surface area contributed by atoms with Crippen LogP contribution in [0, 0.1) is 0 Å². The van der Waals surface area contributed by atoms with Crippen LogP contribution in [0.3, 0.4) is 0 Å². The fourth-order valence-corrected chi connectivity index (χ4v) is 3.19. The number of hydrogen-bond donors (Lipinski definition) is 1. The molecule has 2 rings (SSSR count). The van der Waals surface area contributed by atoms with E-state index in [1.807, 2.05) is 51.1 Å². The Bertz CT molecular complexity index is 800. The van der Waals surface area contributed by atoms with Gasteiger partial charge in [-0.2, -0.15) is 0 Å². The minimum absolute atomic E-state index is 0.147. The molecule has 2 aromatic rings. The van der Waals surface area contributed by atoms with Crippen LogP contribution < -0.4 is 0 Å². The van der Waals surface area contributed by atoms with Gasteiger partial charge in [0, 0.05) is 22.6 Å². The maximum atomic E-state index is 12.2. The first-order chi connectivity index (χ1) is 11.7. The second-order valence-corrected chi connectivity index (χ2v) is 9.27. The highest BCUT2D eigenvalue weighted by atomic mass is 35.5. The number of aliphatic hydroxyl groups excluding tert-OH is 1. The van der Waals surface area contributed by atoms with E-state index in [2.05, 4.69) is 4.40 Å². The van der Waals surface area contributed by atoms with Crippen molar-refractivity contribution >= 4 is 46.4 Å². The molecule has 6 heteroatoms. The van der Waals surface area contributed by atoms with Crippen LogP contribution in [0.4, 0.5) is 0 Å². The number of benzene rings is 2. The van der Waals surface area contributed by atoms with Gasteiger partial charge in [0.1, 0.15) is 16.1 Å². The fraction of sp³-hybridized carbons (Fsp3) is 0.263. The molecule has 0 aliphatic rings. The molecule has 1 unspecified atom stereocenters. The second kappa shape index (κ2) is 8.32. The smallest absolute Gasteiger partial charge is 0.188 e. The van der Waals surface area contributed by atoms with Gasteiger partial charge in [0.15, 0.2) is 5.05 Å². The number of nitrogens with zero attached hydrogens (tertiary/aromatic N) is 1. The average molecular weight is 394 g/mol. The molecule has 1 atom stereocenters. The van der Waals surface area contributed by atoms with Crippen LogP contribution in [0.5, 0.6) is 0 Å². The lowest BCUT2D eigenvalue weighted by Crippen LogP contribution is -2.25. The first-order valence-electron chi connectivity index (χ1n) is 7.75. The van der Waals surface area contributed by atoms with Crippen molar-refractivity contribution in [1.82, 2.24) is 0 Å². The monoisotopic (exact) mass is 393 g/mol. The Morgan fingerprint density at radius 1 is 1.24 bits per heavy atom. The maximum absolute atomic E-state index is 12.2. The van der Waals surface area contributed by atoms with Gasteiger partial charge in [0.25, 0.3) is 0 Å². The molecule has 3 nitrogen and oxygen atoms in total. The van der Waals surface area contributed by atoms with E-state index < -0.39 is 16.1 Å². The third-order valence-electron chi connectivity index (χ3n) is 3.58. The summed E-state index contributed by atoms with van der Waals surface area (Å²) in [6.45, 7) is 5.62. The van der Waals surface area contributed by atoms with E-state index in [1.54, 1.807) is 18.3 Å². The summed E-state index contributed by atoms with van der Waals surface area (Å²) in [5, 5.41) is 10.2. The lowest BCUT2D eigenvalue weighted by atomic mass is 9.97. The zero-order chi connectivity index (χ0) is 18.6. The van der Waals surface area contributed by atoms with Gasteiger partial charge in [-0.3, -0.25) is 0 Å². The Kier molecular flexibility index (Phi) is 6.63. The van der Waals surface area contributed by atoms with E-state index in [0.29, 0.717) is 17.0 Å². The van der Waals surface area contributed by atoms with Crippen molar-refractivity contribution in [2.24, 2.45) is 4.40 Å². The van der Waals surface area contributed by atoms with E-state index >= 15 is 0 Å². The quantitative estimate of drug-likeness (QED) is 0.439. The van der Waals surface area contributed by atoms with Crippen LogP contribution in [0.15, 0.2) is 46.9 Å². The van der Waals surface area contributed by atoms with Crippen molar-refractivity contribution in [3.8, 4) is 0 Å². The lowest BCUT2D eigenvalue weighted by Gasteiger charge is -2.18. The van der Waals surface area contributed by atoms with Gasteiger partial charge in [-0.25, -0.2) is 0 Å². The fourth-order valence-electron chi connectivity index (χ4n) is 2.22. The molecule has 2 aromatic carbocycles. The van der Waals surface area contributed by atoms with Crippen molar-refractivity contribution < 1.29 is 9.66 Å². The van der Waals surface area contributed by atoms with Gasteiger partial charge in [-0.05, 0) is 50.2 Å². The van der Waals surface area contributed by atoms with Crippen LogP contribution in [-0.4, -0.2) is 25.7 Å². The van der Waals surface area contributed by atoms with Crippen molar-refractivity contribution in [3.05, 3.63) is 69.7 Å². The molecule has 132 valence electrons. The predicted octanol–water partition coefficient (Wildman–Crippen LogP) is 5.05. The van der Waals surface area contributed by atoms with E-state index in [9.17, 15) is 9.66 Å². The molecule has 0 aliphatic carbocycles. The summed E-state index contributed by atoms with van der Waals surface area (Å²) in [6, 6.07) is 12.9. The van der Waals surface area contributed by atoms with Crippen LogP contribution in [-0.2, 0) is 17.8 Å². The number of thiocarbonyl (C=S) groups is 1. The molecule has 0 aliphatic heterocycles. The molecular formula is C19H20ClNO2S2. The summed E-state index contributed by atoms with van der Waals surface area (Å²) in [6.07, 6.45) is 2.09. The van der Waals surface area contributed by atoms with Crippen LogP contribution >= 0.6 is 23.8 Å². The number of rotatable bonds is 5. The van der Waals surface area contributed by atoms with Gasteiger partial charge in [0.2, 0.25) is 0 Å². The minimum atomic E-state index is -1.35. The van der Waals surface area contributed by atoms with Gasteiger partial charge in [0.05, 0.1) is 6.21 Å². The molecule has 0 amide bonds. The summed E-state index contributed by atoms with van der Waals surface area (Å²) in [7, 11) is 0. The number of hydrogen-bond acceptors (Lipinski definition) is 3. The topological polar surface area (TPSA) is 55.7 Å². The predicted molar refractivity (Wildman–Crippen MR) is 111 cm³/mol. The lowest BCUT2D eigenvalue weighted by molar-refractivity contribution is 0.562. The van der Waals surface area contributed by atoms with Crippen molar-refractivity contribution in [2.45, 2.75) is 31.9 Å². The Morgan fingerprint density at radius 3 is 2.56 bits per heavy atom. The Hall–Kier alpha value is -1.40. The second-order valence-electron chi connectivity index (χ2n) is 6.54. The van der Waals surface area contributed by atoms with Gasteiger partial charge in [-0.1, -0.05) is 52.4 Å². The standard InChI is InChI=1S/C19H20ClNO2S2/c1-19(2,3)25(23)21-12-14-8-6-10-17(20)16(14)11-13-7-4-5-9-15(13)18(22)24/h4-10,12H,11H2,1-3H3,(H,22,24)/b21-12+. The van der Waals surface area contributed by atoms with Crippen molar-refractivity contribution in [1.29, 1.82) is 0 Å². The summed E-state index contributed by atoms with van der Waals surface area (Å²) < 4.78 is 15.9. The van der Waals surface area contributed by atoms with E-state index in [-0.39, 0.29) is 5.05 Å². The SMILES string of the molecule is CC(C)(C)[S+]([O-])/N=C/c1cccc(Cl)c1Cc1ccccc1C(O)=S. The first-order valence-corrected chi connectivity index (χ1v) is 9.64. The summed E-state index contributed by atoms with van der Waals surface area (Å²) in [5.41, 5.74) is 3.12. The summed E-state index contributed by atoms with van der Waals surface area (Å²) >= 11 is 9.95. The largest absolute Gasteiger partial charge is 0.591 e. The molecule has 1 N–H and O–H groups in total. The van der Waals surface area contributed by atoms with Gasteiger partial charge >= 0.3 is 0 Å². The Morgan fingerprint density at radius 2 is 1.92 bits per heavy atom. The normalized spacial score (nSPS) is 13.2. The molecular weight excluding hydrogens is 374 g/mol. The molecule has 0 saturated carbocycles. The highest BCUT2D eigenvalue weighted by Gasteiger charge is 2.26. The van der Waals surface area contributed by atoms with E-state index in [4.69, 9.17) is 23.8 Å². The zero-order valence-corrected chi connectivity index (χ0v) is 16.7. The summed E-state index contributed by atoms with van der Waals surface area (Å²) in [4.78, 5) is 0. The van der Waals surface area contributed by atoms with Gasteiger partial charge in [-0.15, -0.1) is 0 Å². The highest BCUT2D eigenvalue weighted by molar-refractivity contribution is 7.91. The van der Waals surface area contributed by atoms with Crippen molar-refractivity contribution in [2.75, 3.05) is 0 Å². The van der Waals surface area contributed by atoms with Crippen molar-refractivity contribution in [3.63, 3.8) is 0 Å². The Labute approximate surface area is 162 Å². The zero-order valence-electron chi connectivity index (χ0n) is 14.3. The molecule has 0 fully saturated rings. The Balaban J connectivity index is 2.40. The molecule has 0 saturated heterocycles. The molecule has 0 spiro atoms. The third-order valence-corrected chi connectivity index (χ3v) is 5.50.